The molecule has 3 heterocycles. The molecule has 0 spiro atoms. The number of aliphatic hydroxyl groups excluding tert-OH is 1. The zero-order valence-corrected chi connectivity index (χ0v) is 14.6. The smallest absolute Gasteiger partial charge is 0.230 e. The lowest BCUT2D eigenvalue weighted by Crippen LogP contribution is -2.39. The maximum absolute atomic E-state index is 14.5. The van der Waals surface area contributed by atoms with Crippen LogP contribution in [0.4, 0.5) is 4.39 Å². The van der Waals surface area contributed by atoms with Gasteiger partial charge in [-0.15, -0.1) is 5.10 Å². The molecule has 8 heteroatoms. The lowest BCUT2D eigenvalue weighted by atomic mass is 9.99. The Morgan fingerprint density at radius 1 is 1.28 bits per heavy atom. The molecule has 6 nitrogen and oxygen atoms in total. The second-order valence-electron chi connectivity index (χ2n) is 6.33. The molecule has 2 N–H and O–H groups in total. The van der Waals surface area contributed by atoms with E-state index >= 15 is 0 Å². The number of aromatic hydroxyl groups is 1. The van der Waals surface area contributed by atoms with Gasteiger partial charge in [0.2, 0.25) is 10.8 Å². The lowest BCUT2D eigenvalue weighted by molar-refractivity contribution is 0.0683. The zero-order valence-electron chi connectivity index (χ0n) is 13.8. The molecule has 0 bridgehead atoms. The van der Waals surface area contributed by atoms with Crippen LogP contribution in [0.5, 0.6) is 5.88 Å². The number of fused-ring (bicyclic) bond motifs is 1. The van der Waals surface area contributed by atoms with E-state index in [0.29, 0.717) is 47.2 Å². The number of piperidine rings is 1. The molecular weight excluding hydrogens is 343 g/mol. The topological polar surface area (TPSA) is 73.9 Å². The van der Waals surface area contributed by atoms with Crippen LogP contribution in [0.15, 0.2) is 24.3 Å². The maximum Gasteiger partial charge on any atom is 0.230 e. The van der Waals surface area contributed by atoms with Crippen molar-refractivity contribution in [2.45, 2.75) is 31.9 Å². The summed E-state index contributed by atoms with van der Waals surface area (Å²) in [7, 11) is 0. The van der Waals surface area contributed by atoms with E-state index < -0.39 is 6.04 Å². The monoisotopic (exact) mass is 362 g/mol. The number of rotatable bonds is 3. The summed E-state index contributed by atoms with van der Waals surface area (Å²) in [5.41, 5.74) is 0.510. The Bertz CT molecular complexity index is 901. The molecule has 0 saturated carbocycles. The highest BCUT2D eigenvalue weighted by molar-refractivity contribution is 7.17. The largest absolute Gasteiger partial charge is 0.492 e. The fourth-order valence-electron chi connectivity index (χ4n) is 3.37. The highest BCUT2D eigenvalue weighted by Crippen LogP contribution is 2.41. The third kappa shape index (κ3) is 2.90. The average molecular weight is 362 g/mol. The Morgan fingerprint density at radius 2 is 2.00 bits per heavy atom. The quantitative estimate of drug-likeness (QED) is 0.749. The van der Waals surface area contributed by atoms with E-state index in [9.17, 15) is 14.6 Å². The normalized spacial score (nSPS) is 18.0. The maximum atomic E-state index is 14.5. The molecule has 1 aromatic carbocycles. The fourth-order valence-corrected chi connectivity index (χ4v) is 4.52. The number of aryl methyl sites for hydroxylation is 1. The van der Waals surface area contributed by atoms with Crippen LogP contribution in [0.1, 0.15) is 35.1 Å². The Hall–Kier alpha value is -2.03. The first kappa shape index (κ1) is 16.4. The van der Waals surface area contributed by atoms with Gasteiger partial charge in [0, 0.05) is 18.7 Å². The van der Waals surface area contributed by atoms with Crippen LogP contribution in [-0.4, -0.2) is 48.9 Å². The molecule has 132 valence electrons. The Labute approximate surface area is 148 Å². The standard InChI is InChI=1S/C17H19FN4O2S/c1-10-19-17-22(20-10)16(24)15(25-17)14(12-4-2-3-5-13(12)18)21-8-6-11(23)7-9-21/h2-5,11,14,23-24H,6-9H2,1H3/t14-/m0/s1. The molecule has 2 aromatic heterocycles. The van der Waals surface area contributed by atoms with Crippen molar-refractivity contribution in [1.29, 1.82) is 0 Å². The molecule has 1 aliphatic rings. The number of hydrogen-bond acceptors (Lipinski definition) is 6. The van der Waals surface area contributed by atoms with Gasteiger partial charge >= 0.3 is 0 Å². The number of likely N-dealkylation sites (tertiary alicyclic amines) is 1. The van der Waals surface area contributed by atoms with Crippen LogP contribution in [0.3, 0.4) is 0 Å². The predicted molar refractivity (Wildman–Crippen MR) is 92.3 cm³/mol. The Morgan fingerprint density at radius 3 is 2.68 bits per heavy atom. The first-order valence-electron chi connectivity index (χ1n) is 8.26. The minimum Gasteiger partial charge on any atom is -0.492 e. The molecule has 0 unspecified atom stereocenters. The van der Waals surface area contributed by atoms with E-state index in [2.05, 4.69) is 15.0 Å². The molecule has 0 aliphatic carbocycles. The molecule has 1 saturated heterocycles. The van der Waals surface area contributed by atoms with Gasteiger partial charge in [-0.1, -0.05) is 29.5 Å². The van der Waals surface area contributed by atoms with Gasteiger partial charge < -0.3 is 10.2 Å². The predicted octanol–water partition coefficient (Wildman–Crippen LogP) is 2.49. The van der Waals surface area contributed by atoms with Crippen LogP contribution in [0.2, 0.25) is 0 Å². The van der Waals surface area contributed by atoms with Gasteiger partial charge in [-0.2, -0.15) is 4.52 Å². The SMILES string of the molecule is Cc1nc2sc([C@H](c3ccccc3F)N3CCC(O)CC3)c(O)n2n1. The molecular formula is C17H19FN4O2S. The van der Waals surface area contributed by atoms with Crippen molar-refractivity contribution in [2.24, 2.45) is 0 Å². The minimum absolute atomic E-state index is 0.0000231. The summed E-state index contributed by atoms with van der Waals surface area (Å²) >= 11 is 1.32. The average Bonchev–Trinajstić information content (AvgIpc) is 3.09. The molecule has 3 aromatic rings. The van der Waals surface area contributed by atoms with Crippen molar-refractivity contribution < 1.29 is 14.6 Å². The number of halogens is 1. The number of thiazole rings is 1. The van der Waals surface area contributed by atoms with E-state index in [-0.39, 0.29) is 17.8 Å². The van der Waals surface area contributed by atoms with Crippen molar-refractivity contribution in [3.63, 3.8) is 0 Å². The number of nitrogens with zero attached hydrogens (tertiary/aromatic N) is 4. The van der Waals surface area contributed by atoms with Gasteiger partial charge in [-0.25, -0.2) is 9.37 Å². The van der Waals surface area contributed by atoms with Crippen LogP contribution >= 0.6 is 11.3 Å². The number of aliphatic hydroxyl groups is 1. The molecule has 0 amide bonds. The number of benzene rings is 1. The lowest BCUT2D eigenvalue weighted by Gasteiger charge is -2.36. The molecule has 25 heavy (non-hydrogen) atoms. The number of hydrogen-bond donors (Lipinski definition) is 2. The highest BCUT2D eigenvalue weighted by Gasteiger charge is 2.33. The number of aromatic nitrogens is 3. The molecule has 0 radical (unpaired) electrons. The highest BCUT2D eigenvalue weighted by atomic mass is 32.1. The minimum atomic E-state index is -0.428. The zero-order chi connectivity index (χ0) is 17.6. The van der Waals surface area contributed by atoms with Crippen molar-refractivity contribution >= 4 is 16.3 Å². The van der Waals surface area contributed by atoms with Gasteiger partial charge in [0.25, 0.3) is 0 Å². The van der Waals surface area contributed by atoms with E-state index in [1.54, 1.807) is 25.1 Å². The van der Waals surface area contributed by atoms with Crippen LogP contribution < -0.4 is 0 Å². The first-order valence-corrected chi connectivity index (χ1v) is 9.08. The molecule has 4 rings (SSSR count). The third-order valence-corrected chi connectivity index (χ3v) is 5.69. The summed E-state index contributed by atoms with van der Waals surface area (Å²) in [4.78, 5) is 7.62. The van der Waals surface area contributed by atoms with Crippen LogP contribution in [-0.2, 0) is 0 Å². The van der Waals surface area contributed by atoms with Crippen LogP contribution in [0.25, 0.3) is 4.96 Å². The van der Waals surface area contributed by atoms with Gasteiger partial charge in [-0.3, -0.25) is 4.90 Å². The van der Waals surface area contributed by atoms with Gasteiger partial charge in [-0.05, 0) is 25.8 Å². The summed E-state index contributed by atoms with van der Waals surface area (Å²) < 4.78 is 15.9. The van der Waals surface area contributed by atoms with Crippen molar-refractivity contribution in [3.8, 4) is 5.88 Å². The summed E-state index contributed by atoms with van der Waals surface area (Å²) in [6.07, 6.45) is 0.938. The first-order chi connectivity index (χ1) is 12.0. The molecule has 1 atom stereocenters. The second-order valence-corrected chi connectivity index (χ2v) is 7.34. The van der Waals surface area contributed by atoms with Gasteiger partial charge in [0.1, 0.15) is 11.6 Å². The Balaban J connectivity index is 1.83. The second kappa shape index (κ2) is 6.36. The summed E-state index contributed by atoms with van der Waals surface area (Å²) in [5, 5.41) is 24.7. The van der Waals surface area contributed by atoms with Gasteiger partial charge in [0.15, 0.2) is 0 Å². The molecule has 1 aliphatic heterocycles. The molecule has 1 fully saturated rings. The van der Waals surface area contributed by atoms with Gasteiger partial charge in [0.05, 0.1) is 17.0 Å². The van der Waals surface area contributed by atoms with Crippen molar-refractivity contribution in [3.05, 3.63) is 46.3 Å². The third-order valence-electron chi connectivity index (χ3n) is 4.62. The summed E-state index contributed by atoms with van der Waals surface area (Å²) in [6.45, 7) is 3.03. The van der Waals surface area contributed by atoms with Crippen LogP contribution in [0, 0.1) is 12.7 Å². The van der Waals surface area contributed by atoms with Crippen molar-refractivity contribution in [1.82, 2.24) is 19.5 Å². The van der Waals surface area contributed by atoms with E-state index in [4.69, 9.17) is 0 Å². The van der Waals surface area contributed by atoms with E-state index in [1.807, 2.05) is 0 Å². The Kier molecular flexibility index (Phi) is 4.18. The van der Waals surface area contributed by atoms with E-state index in [1.165, 1.54) is 21.9 Å². The van der Waals surface area contributed by atoms with Crippen molar-refractivity contribution in [2.75, 3.05) is 13.1 Å². The fraction of sp³-hybridized carbons (Fsp3) is 0.412. The van der Waals surface area contributed by atoms with E-state index in [0.717, 1.165) is 0 Å². The summed E-state index contributed by atoms with van der Waals surface area (Å²) in [6, 6.07) is 6.19. The summed E-state index contributed by atoms with van der Waals surface area (Å²) in [5.74, 6) is 0.268.